The third-order valence-corrected chi connectivity index (χ3v) is 3.79. The second-order valence-corrected chi connectivity index (χ2v) is 6.18. The maximum absolute atomic E-state index is 10.9. The second-order valence-electron chi connectivity index (χ2n) is 6.18. The van der Waals surface area contributed by atoms with E-state index in [1.54, 1.807) is 0 Å². The summed E-state index contributed by atoms with van der Waals surface area (Å²) in [5, 5.41) is 0. The maximum Gasteiger partial charge on any atom is 0.233 e. The fourth-order valence-corrected chi connectivity index (χ4v) is 2.44. The number of hydrazine groups is 1. The Morgan fingerprint density at radius 2 is 2.12 bits per heavy atom. The summed E-state index contributed by atoms with van der Waals surface area (Å²) in [7, 11) is 0. The highest BCUT2D eigenvalue weighted by Crippen LogP contribution is 2.33. The SMILES string of the molecule is CC(C)(C)C1CCN(CCCCC(=O)NN)C1. The van der Waals surface area contributed by atoms with E-state index in [9.17, 15) is 4.79 Å². The van der Waals surface area contributed by atoms with Gasteiger partial charge in [-0.15, -0.1) is 0 Å². The van der Waals surface area contributed by atoms with Crippen molar-refractivity contribution in [1.82, 2.24) is 10.3 Å². The number of amides is 1. The number of likely N-dealkylation sites (tertiary alicyclic amines) is 1. The summed E-state index contributed by atoms with van der Waals surface area (Å²) in [4.78, 5) is 13.5. The summed E-state index contributed by atoms with van der Waals surface area (Å²) in [6.45, 7) is 10.5. The molecular weight excluding hydrogens is 214 g/mol. The first-order chi connectivity index (χ1) is 7.93. The van der Waals surface area contributed by atoms with E-state index in [1.807, 2.05) is 0 Å². The predicted molar refractivity (Wildman–Crippen MR) is 70.2 cm³/mol. The largest absolute Gasteiger partial charge is 0.303 e. The zero-order chi connectivity index (χ0) is 12.9. The van der Waals surface area contributed by atoms with Crippen LogP contribution in [0.25, 0.3) is 0 Å². The number of unbranched alkanes of at least 4 members (excludes halogenated alkanes) is 1. The Morgan fingerprint density at radius 1 is 1.41 bits per heavy atom. The molecule has 0 bridgehead atoms. The molecular formula is C13H27N3O. The Morgan fingerprint density at radius 3 is 2.65 bits per heavy atom. The predicted octanol–water partition coefficient (Wildman–Crippen LogP) is 1.51. The van der Waals surface area contributed by atoms with Gasteiger partial charge in [0.05, 0.1) is 0 Å². The zero-order valence-electron chi connectivity index (χ0n) is 11.5. The van der Waals surface area contributed by atoms with Crippen LogP contribution < -0.4 is 11.3 Å². The monoisotopic (exact) mass is 241 g/mol. The van der Waals surface area contributed by atoms with Crippen LogP contribution in [0.5, 0.6) is 0 Å². The molecule has 0 saturated carbocycles. The number of hydrogen-bond acceptors (Lipinski definition) is 3. The molecule has 3 N–H and O–H groups in total. The first kappa shape index (κ1) is 14.5. The summed E-state index contributed by atoms with van der Waals surface area (Å²) in [5.41, 5.74) is 2.59. The van der Waals surface area contributed by atoms with Crippen LogP contribution in [0.3, 0.4) is 0 Å². The molecule has 0 radical (unpaired) electrons. The van der Waals surface area contributed by atoms with Crippen molar-refractivity contribution in [3.05, 3.63) is 0 Å². The molecule has 4 nitrogen and oxygen atoms in total. The van der Waals surface area contributed by atoms with Gasteiger partial charge in [-0.2, -0.15) is 0 Å². The number of nitrogens with two attached hydrogens (primary N) is 1. The van der Waals surface area contributed by atoms with E-state index in [-0.39, 0.29) is 5.91 Å². The first-order valence-corrected chi connectivity index (χ1v) is 6.65. The van der Waals surface area contributed by atoms with Gasteiger partial charge in [0.25, 0.3) is 0 Å². The minimum Gasteiger partial charge on any atom is -0.303 e. The molecule has 1 rings (SSSR count). The lowest BCUT2D eigenvalue weighted by Gasteiger charge is -2.27. The van der Waals surface area contributed by atoms with Crippen molar-refractivity contribution in [3.63, 3.8) is 0 Å². The number of nitrogens with zero attached hydrogens (tertiary/aromatic N) is 1. The molecule has 1 aliphatic rings. The summed E-state index contributed by atoms with van der Waals surface area (Å²) in [5.74, 6) is 5.79. The molecule has 1 saturated heterocycles. The molecule has 17 heavy (non-hydrogen) atoms. The lowest BCUT2D eigenvalue weighted by Crippen LogP contribution is -2.30. The molecule has 1 heterocycles. The summed E-state index contributed by atoms with van der Waals surface area (Å²) < 4.78 is 0. The lowest BCUT2D eigenvalue weighted by molar-refractivity contribution is -0.121. The Hall–Kier alpha value is -0.610. The molecule has 1 aliphatic heterocycles. The standard InChI is InChI=1S/C13H27N3O/c1-13(2,3)11-7-9-16(10-11)8-5-4-6-12(17)15-14/h11H,4-10,14H2,1-3H3,(H,15,17). The van der Waals surface area contributed by atoms with E-state index in [1.165, 1.54) is 19.5 Å². The van der Waals surface area contributed by atoms with Crippen molar-refractivity contribution < 1.29 is 4.79 Å². The molecule has 0 aromatic rings. The van der Waals surface area contributed by atoms with Crippen molar-refractivity contribution in [2.45, 2.75) is 46.5 Å². The lowest BCUT2D eigenvalue weighted by atomic mass is 9.80. The Balaban J connectivity index is 2.12. The van der Waals surface area contributed by atoms with E-state index in [4.69, 9.17) is 5.84 Å². The molecule has 4 heteroatoms. The summed E-state index contributed by atoms with van der Waals surface area (Å²) >= 11 is 0. The quantitative estimate of drug-likeness (QED) is 0.332. The van der Waals surface area contributed by atoms with Crippen LogP contribution in [-0.4, -0.2) is 30.4 Å². The van der Waals surface area contributed by atoms with Crippen molar-refractivity contribution in [3.8, 4) is 0 Å². The van der Waals surface area contributed by atoms with E-state index in [0.717, 1.165) is 25.3 Å². The van der Waals surface area contributed by atoms with E-state index in [2.05, 4.69) is 31.1 Å². The minimum atomic E-state index is -0.0565. The highest BCUT2D eigenvalue weighted by atomic mass is 16.2. The first-order valence-electron chi connectivity index (χ1n) is 6.65. The van der Waals surface area contributed by atoms with Gasteiger partial charge in [0.15, 0.2) is 0 Å². The third kappa shape index (κ3) is 5.04. The Labute approximate surface area is 105 Å². The summed E-state index contributed by atoms with van der Waals surface area (Å²) in [6.07, 6.45) is 3.88. The van der Waals surface area contributed by atoms with Gasteiger partial charge in [0, 0.05) is 13.0 Å². The highest BCUT2D eigenvalue weighted by Gasteiger charge is 2.31. The summed E-state index contributed by atoms with van der Waals surface area (Å²) in [6, 6.07) is 0. The Kier molecular flexibility index (Phi) is 5.40. The molecule has 1 atom stereocenters. The topological polar surface area (TPSA) is 58.4 Å². The average Bonchev–Trinajstić information content (AvgIpc) is 2.72. The number of carbonyl (C=O) groups excluding carboxylic acids is 1. The maximum atomic E-state index is 10.9. The number of carbonyl (C=O) groups is 1. The van der Waals surface area contributed by atoms with Gasteiger partial charge in [-0.3, -0.25) is 10.2 Å². The van der Waals surface area contributed by atoms with Gasteiger partial charge in [-0.1, -0.05) is 20.8 Å². The molecule has 100 valence electrons. The van der Waals surface area contributed by atoms with Crippen LogP contribution in [0.1, 0.15) is 46.5 Å². The van der Waals surface area contributed by atoms with Crippen LogP contribution in [0.15, 0.2) is 0 Å². The molecule has 0 aromatic heterocycles. The number of hydrogen-bond donors (Lipinski definition) is 2. The zero-order valence-corrected chi connectivity index (χ0v) is 11.5. The molecule has 0 aliphatic carbocycles. The van der Waals surface area contributed by atoms with Crippen LogP contribution in [0, 0.1) is 11.3 Å². The molecule has 1 unspecified atom stereocenters. The third-order valence-electron chi connectivity index (χ3n) is 3.79. The molecule has 0 spiro atoms. The van der Waals surface area contributed by atoms with Gasteiger partial charge >= 0.3 is 0 Å². The van der Waals surface area contributed by atoms with Crippen LogP contribution in [0.2, 0.25) is 0 Å². The van der Waals surface area contributed by atoms with E-state index >= 15 is 0 Å². The average molecular weight is 241 g/mol. The van der Waals surface area contributed by atoms with Crippen molar-refractivity contribution in [1.29, 1.82) is 0 Å². The molecule has 1 amide bonds. The normalized spacial score (nSPS) is 21.8. The fraction of sp³-hybridized carbons (Fsp3) is 0.923. The minimum absolute atomic E-state index is 0.0565. The van der Waals surface area contributed by atoms with Gasteiger partial charge in [0.2, 0.25) is 5.91 Å². The van der Waals surface area contributed by atoms with Crippen molar-refractivity contribution in [2.24, 2.45) is 17.2 Å². The number of nitrogens with one attached hydrogen (secondary N) is 1. The molecule has 0 aromatic carbocycles. The number of rotatable bonds is 5. The van der Waals surface area contributed by atoms with Crippen LogP contribution in [-0.2, 0) is 4.79 Å². The van der Waals surface area contributed by atoms with Gasteiger partial charge in [-0.05, 0) is 43.7 Å². The van der Waals surface area contributed by atoms with Crippen molar-refractivity contribution >= 4 is 5.91 Å². The van der Waals surface area contributed by atoms with Crippen molar-refractivity contribution in [2.75, 3.05) is 19.6 Å². The molecule has 1 fully saturated rings. The van der Waals surface area contributed by atoms with E-state index < -0.39 is 0 Å². The van der Waals surface area contributed by atoms with Gasteiger partial charge < -0.3 is 4.90 Å². The van der Waals surface area contributed by atoms with Gasteiger partial charge in [-0.25, -0.2) is 5.84 Å². The smallest absolute Gasteiger partial charge is 0.233 e. The second kappa shape index (κ2) is 6.36. The van der Waals surface area contributed by atoms with Gasteiger partial charge in [0.1, 0.15) is 0 Å². The highest BCUT2D eigenvalue weighted by molar-refractivity contribution is 5.75. The van der Waals surface area contributed by atoms with Crippen LogP contribution >= 0.6 is 0 Å². The van der Waals surface area contributed by atoms with Crippen LogP contribution in [0.4, 0.5) is 0 Å². The van der Waals surface area contributed by atoms with E-state index in [0.29, 0.717) is 11.8 Å². The Bertz CT molecular complexity index is 248. The fourth-order valence-electron chi connectivity index (χ4n) is 2.44.